The molecule has 37 heavy (non-hydrogen) atoms. The average Bonchev–Trinajstić information content (AvgIpc) is 2.85. The second kappa shape index (κ2) is 11.2. The Kier molecular flexibility index (Phi) is 8.24. The summed E-state index contributed by atoms with van der Waals surface area (Å²) >= 11 is 0. The van der Waals surface area contributed by atoms with Crippen molar-refractivity contribution < 1.29 is 14.7 Å². The van der Waals surface area contributed by atoms with E-state index in [1.165, 1.54) is 12.5 Å². The summed E-state index contributed by atoms with van der Waals surface area (Å²) in [6.45, 7) is 13.8. The van der Waals surface area contributed by atoms with Gasteiger partial charge in [-0.3, -0.25) is 9.59 Å². The van der Waals surface area contributed by atoms with E-state index in [0.29, 0.717) is 30.6 Å². The van der Waals surface area contributed by atoms with Gasteiger partial charge in [0.15, 0.2) is 0 Å². The highest BCUT2D eigenvalue weighted by atomic mass is 16.3. The molecule has 0 aliphatic carbocycles. The highest BCUT2D eigenvalue weighted by Gasteiger charge is 2.39. The number of piperidine rings is 1. The molecule has 4 N–H and O–H groups in total. The molecule has 2 aliphatic rings. The fourth-order valence-corrected chi connectivity index (χ4v) is 5.74. The van der Waals surface area contributed by atoms with Gasteiger partial charge in [0.2, 0.25) is 11.8 Å². The van der Waals surface area contributed by atoms with Crippen LogP contribution in [0.25, 0.3) is 0 Å². The molecule has 2 amide bonds. The number of phenolic OH excluding ortho intramolecular Hbond substituents is 1. The zero-order valence-electron chi connectivity index (χ0n) is 22.8. The molecular formula is C30H42N4O3. The molecule has 4 atom stereocenters. The van der Waals surface area contributed by atoms with Crippen molar-refractivity contribution in [1.82, 2.24) is 15.5 Å². The summed E-state index contributed by atoms with van der Waals surface area (Å²) < 4.78 is 0. The maximum atomic E-state index is 13.3. The number of nitrogens with one attached hydrogen (secondary N) is 3. The van der Waals surface area contributed by atoms with E-state index < -0.39 is 0 Å². The predicted octanol–water partition coefficient (Wildman–Crippen LogP) is 3.81. The number of carbonyl (C=O) groups is 2. The van der Waals surface area contributed by atoms with Crippen LogP contribution in [0.5, 0.6) is 5.75 Å². The molecule has 0 radical (unpaired) electrons. The van der Waals surface area contributed by atoms with Crippen LogP contribution in [-0.2, 0) is 28.0 Å². The Balaban J connectivity index is 1.35. The highest BCUT2D eigenvalue weighted by molar-refractivity contribution is 5.89. The Morgan fingerprint density at radius 3 is 2.65 bits per heavy atom. The molecule has 2 aliphatic heterocycles. The zero-order valence-corrected chi connectivity index (χ0v) is 22.8. The molecule has 1 fully saturated rings. The van der Waals surface area contributed by atoms with Gasteiger partial charge in [-0.1, -0.05) is 45.9 Å². The summed E-state index contributed by atoms with van der Waals surface area (Å²) in [5.41, 5.74) is 4.26. The summed E-state index contributed by atoms with van der Waals surface area (Å²) in [5, 5.41) is 19.5. The molecule has 7 heteroatoms. The number of anilines is 1. The topological polar surface area (TPSA) is 93.7 Å². The van der Waals surface area contributed by atoms with Gasteiger partial charge in [-0.2, -0.15) is 0 Å². The molecule has 1 saturated heterocycles. The molecule has 2 aromatic rings. The zero-order chi connectivity index (χ0) is 26.7. The van der Waals surface area contributed by atoms with E-state index in [1.807, 2.05) is 30.3 Å². The van der Waals surface area contributed by atoms with Crippen molar-refractivity contribution >= 4 is 17.5 Å². The largest absolute Gasteiger partial charge is 0.508 e. The predicted molar refractivity (Wildman–Crippen MR) is 148 cm³/mol. The number of fused-ring (bicyclic) bond motifs is 1. The minimum absolute atomic E-state index is 0.0189. The van der Waals surface area contributed by atoms with E-state index in [0.717, 1.165) is 42.9 Å². The molecule has 0 saturated carbocycles. The number of hydrogen-bond acceptors (Lipinski definition) is 5. The van der Waals surface area contributed by atoms with Crippen molar-refractivity contribution in [1.29, 1.82) is 0 Å². The van der Waals surface area contributed by atoms with E-state index in [4.69, 9.17) is 0 Å². The van der Waals surface area contributed by atoms with Gasteiger partial charge in [-0.15, -0.1) is 0 Å². The molecule has 0 unspecified atom stereocenters. The maximum absolute atomic E-state index is 13.3. The van der Waals surface area contributed by atoms with Gasteiger partial charge in [0.1, 0.15) is 5.75 Å². The SMILES string of the molecule is CC(=O)Nc1ccc2c(c1)CN[C@@H](C(=O)N[C@H](CN1CC[C@@](C)(c3cccc(O)c3)[C@@H](C)C1)C(C)C)C2. The maximum Gasteiger partial charge on any atom is 0.237 e. The van der Waals surface area contributed by atoms with Crippen LogP contribution < -0.4 is 16.0 Å². The van der Waals surface area contributed by atoms with E-state index in [9.17, 15) is 14.7 Å². The van der Waals surface area contributed by atoms with Crippen LogP contribution in [0.15, 0.2) is 42.5 Å². The molecular weight excluding hydrogens is 464 g/mol. The Bertz CT molecular complexity index is 1130. The lowest BCUT2D eigenvalue weighted by atomic mass is 9.68. The number of phenols is 1. The number of hydrogen-bond donors (Lipinski definition) is 4. The van der Waals surface area contributed by atoms with Crippen molar-refractivity contribution in [2.75, 3.05) is 25.0 Å². The number of likely N-dealkylation sites (tertiary alicyclic amines) is 1. The van der Waals surface area contributed by atoms with Crippen LogP contribution in [0.4, 0.5) is 5.69 Å². The molecule has 0 aromatic heterocycles. The van der Waals surface area contributed by atoms with Gasteiger partial charge in [-0.25, -0.2) is 0 Å². The van der Waals surface area contributed by atoms with Crippen LogP contribution >= 0.6 is 0 Å². The Hall–Kier alpha value is -2.90. The Morgan fingerprint density at radius 1 is 1.19 bits per heavy atom. The monoisotopic (exact) mass is 506 g/mol. The summed E-state index contributed by atoms with van der Waals surface area (Å²) in [7, 11) is 0. The number of rotatable bonds is 7. The summed E-state index contributed by atoms with van der Waals surface area (Å²) in [6, 6.07) is 13.4. The van der Waals surface area contributed by atoms with Crippen LogP contribution in [0, 0.1) is 11.8 Å². The number of nitrogens with zero attached hydrogens (tertiary/aromatic N) is 1. The van der Waals surface area contributed by atoms with E-state index >= 15 is 0 Å². The van der Waals surface area contributed by atoms with Crippen LogP contribution in [-0.4, -0.2) is 53.5 Å². The van der Waals surface area contributed by atoms with Gasteiger partial charge < -0.3 is 26.0 Å². The molecule has 2 heterocycles. The van der Waals surface area contributed by atoms with Gasteiger partial charge in [0.05, 0.1) is 6.04 Å². The summed E-state index contributed by atoms with van der Waals surface area (Å²) in [6.07, 6.45) is 1.65. The summed E-state index contributed by atoms with van der Waals surface area (Å²) in [4.78, 5) is 27.1. The van der Waals surface area contributed by atoms with Crippen molar-refractivity contribution in [3.63, 3.8) is 0 Å². The summed E-state index contributed by atoms with van der Waals surface area (Å²) in [5.74, 6) is 1.01. The first-order valence-electron chi connectivity index (χ1n) is 13.5. The van der Waals surface area contributed by atoms with Gasteiger partial charge in [0.25, 0.3) is 0 Å². The smallest absolute Gasteiger partial charge is 0.237 e. The highest BCUT2D eigenvalue weighted by Crippen LogP contribution is 2.40. The van der Waals surface area contributed by atoms with Crippen molar-refractivity contribution in [3.05, 3.63) is 59.2 Å². The third kappa shape index (κ3) is 6.33. The second-order valence-electron chi connectivity index (χ2n) is 11.5. The fraction of sp³-hybridized carbons (Fsp3) is 0.533. The van der Waals surface area contributed by atoms with Crippen molar-refractivity contribution in [2.45, 2.75) is 71.5 Å². The van der Waals surface area contributed by atoms with Crippen molar-refractivity contribution in [3.8, 4) is 5.75 Å². The number of benzene rings is 2. The van der Waals surface area contributed by atoms with Crippen LogP contribution in [0.3, 0.4) is 0 Å². The Labute approximate surface area is 221 Å². The molecule has 4 rings (SSSR count). The first-order chi connectivity index (χ1) is 17.5. The number of amides is 2. The average molecular weight is 507 g/mol. The third-order valence-corrected chi connectivity index (χ3v) is 8.47. The van der Waals surface area contributed by atoms with E-state index in [2.05, 4.69) is 54.6 Å². The first kappa shape index (κ1) is 27.1. The molecule has 7 nitrogen and oxygen atoms in total. The second-order valence-corrected chi connectivity index (χ2v) is 11.5. The van der Waals surface area contributed by atoms with Gasteiger partial charge in [0, 0.05) is 38.3 Å². The lowest BCUT2D eigenvalue weighted by Gasteiger charge is -2.46. The Morgan fingerprint density at radius 2 is 1.97 bits per heavy atom. The first-order valence-corrected chi connectivity index (χ1v) is 13.5. The molecule has 0 spiro atoms. The van der Waals surface area contributed by atoms with Gasteiger partial charge >= 0.3 is 0 Å². The third-order valence-electron chi connectivity index (χ3n) is 8.47. The standard InChI is InChI=1S/C30H42N4O3/c1-19(2)28(18-34-12-11-30(5,20(3)17-34)24-7-6-8-26(36)15-24)33-29(37)27-14-22-9-10-25(32-21(4)35)13-23(22)16-31-27/h6-10,13,15,19-20,27-28,31,36H,11-12,14,16-18H2,1-5H3,(H,32,35)(H,33,37)/t20-,27+,28+,30+/m0/s1. The normalized spacial score (nSPS) is 24.8. The van der Waals surface area contributed by atoms with E-state index in [1.54, 1.807) is 6.07 Å². The number of carbonyl (C=O) groups excluding carboxylic acids is 2. The fourth-order valence-electron chi connectivity index (χ4n) is 5.74. The quantitative estimate of drug-likeness (QED) is 0.458. The van der Waals surface area contributed by atoms with Gasteiger partial charge in [-0.05, 0) is 77.6 Å². The lowest BCUT2D eigenvalue weighted by Crippen LogP contribution is -2.56. The van der Waals surface area contributed by atoms with Crippen molar-refractivity contribution in [2.24, 2.45) is 11.8 Å². The number of aromatic hydroxyl groups is 1. The molecule has 0 bridgehead atoms. The minimum atomic E-state index is -0.269. The molecule has 2 aromatic carbocycles. The lowest BCUT2D eigenvalue weighted by molar-refractivity contribution is -0.124. The minimum Gasteiger partial charge on any atom is -0.508 e. The van der Waals surface area contributed by atoms with Crippen LogP contribution in [0.2, 0.25) is 0 Å². The van der Waals surface area contributed by atoms with E-state index in [-0.39, 0.29) is 29.3 Å². The van der Waals surface area contributed by atoms with Crippen LogP contribution in [0.1, 0.15) is 57.7 Å². The molecule has 200 valence electrons.